The van der Waals surface area contributed by atoms with E-state index in [2.05, 4.69) is 53.3 Å². The average molecular weight is 261 g/mol. The van der Waals surface area contributed by atoms with Crippen molar-refractivity contribution in [3.05, 3.63) is 65.9 Å². The summed E-state index contributed by atoms with van der Waals surface area (Å²) in [5.41, 5.74) is 7.09. The van der Waals surface area contributed by atoms with Gasteiger partial charge in [0.25, 0.3) is 0 Å². The maximum atomic E-state index is 4.74. The van der Waals surface area contributed by atoms with Crippen LogP contribution >= 0.6 is 0 Å². The van der Waals surface area contributed by atoms with Crippen molar-refractivity contribution in [3.63, 3.8) is 0 Å². The topological polar surface area (TPSA) is 29.9 Å². The SMILES string of the molecule is Cc1nn(-c2ccccc2)c2c1CNc1ccccc1-2. The maximum absolute atomic E-state index is 4.74. The van der Waals surface area contributed by atoms with Crippen molar-refractivity contribution in [2.75, 3.05) is 5.32 Å². The summed E-state index contributed by atoms with van der Waals surface area (Å²) >= 11 is 0. The zero-order valence-electron chi connectivity index (χ0n) is 11.3. The molecule has 1 aromatic heterocycles. The van der Waals surface area contributed by atoms with E-state index in [1.807, 2.05) is 18.2 Å². The number of anilines is 1. The highest BCUT2D eigenvalue weighted by Crippen LogP contribution is 2.37. The first kappa shape index (κ1) is 11.3. The van der Waals surface area contributed by atoms with Crippen LogP contribution in [0.4, 0.5) is 5.69 Å². The predicted octanol–water partition coefficient (Wildman–Crippen LogP) is 3.77. The van der Waals surface area contributed by atoms with Gasteiger partial charge in [0.2, 0.25) is 0 Å². The third-order valence-electron chi connectivity index (χ3n) is 3.82. The lowest BCUT2D eigenvalue weighted by molar-refractivity contribution is 0.869. The molecule has 4 rings (SSSR count). The highest BCUT2D eigenvalue weighted by atomic mass is 15.3. The first-order valence-corrected chi connectivity index (χ1v) is 6.82. The number of fused-ring (bicyclic) bond motifs is 3. The van der Waals surface area contributed by atoms with Gasteiger partial charge in [-0.3, -0.25) is 0 Å². The molecule has 1 aliphatic rings. The molecule has 0 aliphatic carbocycles. The Balaban J connectivity index is 2.02. The molecule has 0 bridgehead atoms. The number of rotatable bonds is 1. The molecule has 2 aromatic carbocycles. The summed E-state index contributed by atoms with van der Waals surface area (Å²) in [5.74, 6) is 0. The van der Waals surface area contributed by atoms with E-state index in [4.69, 9.17) is 5.10 Å². The summed E-state index contributed by atoms with van der Waals surface area (Å²) in [6.45, 7) is 2.92. The Labute approximate surface area is 117 Å². The van der Waals surface area contributed by atoms with Crippen LogP contribution in [0.1, 0.15) is 11.3 Å². The normalized spacial score (nSPS) is 12.4. The lowest BCUT2D eigenvalue weighted by Gasteiger charge is -2.20. The summed E-state index contributed by atoms with van der Waals surface area (Å²) in [6.07, 6.45) is 0. The fourth-order valence-electron chi connectivity index (χ4n) is 2.83. The van der Waals surface area contributed by atoms with E-state index in [1.54, 1.807) is 0 Å². The highest BCUT2D eigenvalue weighted by molar-refractivity contribution is 5.82. The Bertz CT molecular complexity index is 772. The summed E-state index contributed by atoms with van der Waals surface area (Å²) in [5, 5.41) is 8.21. The van der Waals surface area contributed by atoms with Gasteiger partial charge in [0.15, 0.2) is 0 Å². The summed E-state index contributed by atoms with van der Waals surface area (Å²) in [7, 11) is 0. The number of aromatic nitrogens is 2. The van der Waals surface area contributed by atoms with Crippen LogP contribution in [-0.4, -0.2) is 9.78 Å². The molecule has 1 N–H and O–H groups in total. The summed E-state index contributed by atoms with van der Waals surface area (Å²) in [4.78, 5) is 0. The number of nitrogens with one attached hydrogen (secondary N) is 1. The molecule has 2 heterocycles. The van der Waals surface area contributed by atoms with Crippen molar-refractivity contribution in [1.29, 1.82) is 0 Å². The maximum Gasteiger partial charge on any atom is 0.0814 e. The minimum atomic E-state index is 0.838. The summed E-state index contributed by atoms with van der Waals surface area (Å²) in [6, 6.07) is 18.7. The number of para-hydroxylation sites is 2. The van der Waals surface area contributed by atoms with Crippen LogP contribution in [0.2, 0.25) is 0 Å². The zero-order chi connectivity index (χ0) is 13.5. The Morgan fingerprint density at radius 2 is 1.75 bits per heavy atom. The molecule has 0 amide bonds. The molecule has 20 heavy (non-hydrogen) atoms. The molecule has 3 nitrogen and oxygen atoms in total. The van der Waals surface area contributed by atoms with Gasteiger partial charge < -0.3 is 5.32 Å². The van der Waals surface area contributed by atoms with Gasteiger partial charge in [0.1, 0.15) is 0 Å². The smallest absolute Gasteiger partial charge is 0.0814 e. The molecule has 0 spiro atoms. The van der Waals surface area contributed by atoms with Crippen molar-refractivity contribution < 1.29 is 0 Å². The molecule has 3 aromatic rings. The van der Waals surface area contributed by atoms with Gasteiger partial charge in [0, 0.05) is 23.4 Å². The second-order valence-electron chi connectivity index (χ2n) is 5.06. The van der Waals surface area contributed by atoms with E-state index in [1.165, 1.54) is 22.5 Å². The van der Waals surface area contributed by atoms with E-state index >= 15 is 0 Å². The largest absolute Gasteiger partial charge is 0.380 e. The van der Waals surface area contributed by atoms with Crippen LogP contribution in [0, 0.1) is 6.92 Å². The lowest BCUT2D eigenvalue weighted by Crippen LogP contribution is -2.10. The lowest BCUT2D eigenvalue weighted by atomic mass is 10.00. The molecular weight excluding hydrogens is 246 g/mol. The summed E-state index contributed by atoms with van der Waals surface area (Å²) < 4.78 is 2.06. The fourth-order valence-corrected chi connectivity index (χ4v) is 2.83. The molecule has 0 fully saturated rings. The molecule has 0 radical (unpaired) electrons. The average Bonchev–Trinajstić information content (AvgIpc) is 2.86. The van der Waals surface area contributed by atoms with E-state index < -0.39 is 0 Å². The first-order valence-electron chi connectivity index (χ1n) is 6.82. The molecule has 0 saturated carbocycles. The second kappa shape index (κ2) is 4.23. The van der Waals surface area contributed by atoms with Crippen LogP contribution in [-0.2, 0) is 6.54 Å². The number of nitrogens with zero attached hydrogens (tertiary/aromatic N) is 2. The van der Waals surface area contributed by atoms with Gasteiger partial charge in [0.05, 0.1) is 17.1 Å². The van der Waals surface area contributed by atoms with Crippen molar-refractivity contribution in [2.24, 2.45) is 0 Å². The quantitative estimate of drug-likeness (QED) is 0.722. The minimum absolute atomic E-state index is 0.838. The number of hydrogen-bond donors (Lipinski definition) is 1. The number of aryl methyl sites for hydroxylation is 1. The predicted molar refractivity (Wildman–Crippen MR) is 81.1 cm³/mol. The highest BCUT2D eigenvalue weighted by Gasteiger charge is 2.23. The molecule has 0 unspecified atom stereocenters. The minimum Gasteiger partial charge on any atom is -0.380 e. The number of benzene rings is 2. The molecular formula is C17H15N3. The third-order valence-corrected chi connectivity index (χ3v) is 3.82. The van der Waals surface area contributed by atoms with Crippen LogP contribution in [0.3, 0.4) is 0 Å². The van der Waals surface area contributed by atoms with Crippen LogP contribution in [0.25, 0.3) is 16.9 Å². The molecule has 1 aliphatic heterocycles. The molecule has 3 heteroatoms. The monoisotopic (exact) mass is 261 g/mol. The van der Waals surface area contributed by atoms with E-state index in [9.17, 15) is 0 Å². The van der Waals surface area contributed by atoms with Gasteiger partial charge in [-0.15, -0.1) is 0 Å². The van der Waals surface area contributed by atoms with Crippen molar-refractivity contribution >= 4 is 5.69 Å². The van der Waals surface area contributed by atoms with Crippen LogP contribution in [0.15, 0.2) is 54.6 Å². The van der Waals surface area contributed by atoms with Gasteiger partial charge in [-0.1, -0.05) is 36.4 Å². The van der Waals surface area contributed by atoms with Crippen molar-refractivity contribution in [3.8, 4) is 16.9 Å². The van der Waals surface area contributed by atoms with Gasteiger partial charge in [-0.05, 0) is 25.1 Å². The second-order valence-corrected chi connectivity index (χ2v) is 5.06. The van der Waals surface area contributed by atoms with Crippen LogP contribution in [0.5, 0.6) is 0 Å². The Morgan fingerprint density at radius 3 is 2.60 bits per heavy atom. The van der Waals surface area contributed by atoms with Crippen molar-refractivity contribution in [2.45, 2.75) is 13.5 Å². The Hall–Kier alpha value is -2.55. The van der Waals surface area contributed by atoms with Gasteiger partial charge in [-0.2, -0.15) is 5.10 Å². The molecule has 0 atom stereocenters. The molecule has 0 saturated heterocycles. The standard InChI is InChI=1S/C17H15N3/c1-12-15-11-18-16-10-6-5-9-14(16)17(15)20(19-12)13-7-3-2-4-8-13/h2-10,18H,11H2,1H3. The zero-order valence-corrected chi connectivity index (χ0v) is 11.3. The van der Waals surface area contributed by atoms with Gasteiger partial charge in [-0.25, -0.2) is 4.68 Å². The van der Waals surface area contributed by atoms with Crippen molar-refractivity contribution in [1.82, 2.24) is 9.78 Å². The van der Waals surface area contributed by atoms with E-state index in [0.717, 1.165) is 17.9 Å². The third kappa shape index (κ3) is 1.56. The van der Waals surface area contributed by atoms with Crippen LogP contribution < -0.4 is 5.32 Å². The number of hydrogen-bond acceptors (Lipinski definition) is 2. The Morgan fingerprint density at radius 1 is 1.00 bits per heavy atom. The van der Waals surface area contributed by atoms with Gasteiger partial charge >= 0.3 is 0 Å². The Kier molecular flexibility index (Phi) is 2.39. The fraction of sp³-hybridized carbons (Fsp3) is 0.118. The van der Waals surface area contributed by atoms with E-state index in [-0.39, 0.29) is 0 Å². The first-order chi connectivity index (χ1) is 9.84. The van der Waals surface area contributed by atoms with E-state index in [0.29, 0.717) is 0 Å². The molecule has 98 valence electrons.